The molecular formula is C20H23N4OS+. The zero-order valence-corrected chi connectivity index (χ0v) is 15.8. The molecule has 0 saturated heterocycles. The largest absolute Gasteiger partial charge is 0.349 e. The van der Waals surface area contributed by atoms with Gasteiger partial charge in [0.25, 0.3) is 0 Å². The number of benzene rings is 2. The fraction of sp³-hybridized carbons (Fsp3) is 0.250. The molecule has 1 atom stereocenters. The van der Waals surface area contributed by atoms with Crippen LogP contribution < -0.4 is 10.2 Å². The highest BCUT2D eigenvalue weighted by Crippen LogP contribution is 2.23. The Hall–Kier alpha value is -2.44. The van der Waals surface area contributed by atoms with Gasteiger partial charge in [0.2, 0.25) is 5.91 Å². The molecule has 6 heteroatoms. The molecule has 0 fully saturated rings. The SMILES string of the molecule is C[NH+](C)[C@@H](CNC(=O)CSc1ncnc2ccccc12)c1ccccc1. The summed E-state index contributed by atoms with van der Waals surface area (Å²) in [4.78, 5) is 22.2. The molecule has 134 valence electrons. The number of thioether (sulfide) groups is 1. The summed E-state index contributed by atoms with van der Waals surface area (Å²) in [6.45, 7) is 0.607. The van der Waals surface area contributed by atoms with Gasteiger partial charge in [0.05, 0.1) is 31.9 Å². The second-order valence-electron chi connectivity index (χ2n) is 6.33. The van der Waals surface area contributed by atoms with Crippen LogP contribution in [0.2, 0.25) is 0 Å². The Kier molecular flexibility index (Phi) is 6.20. The van der Waals surface area contributed by atoms with Gasteiger partial charge in [-0.2, -0.15) is 0 Å². The molecule has 3 aromatic rings. The van der Waals surface area contributed by atoms with Crippen molar-refractivity contribution in [3.63, 3.8) is 0 Å². The topological polar surface area (TPSA) is 59.3 Å². The Morgan fingerprint density at radius 2 is 1.81 bits per heavy atom. The maximum Gasteiger partial charge on any atom is 0.230 e. The van der Waals surface area contributed by atoms with Crippen LogP contribution in [0.25, 0.3) is 10.9 Å². The highest BCUT2D eigenvalue weighted by Gasteiger charge is 2.18. The number of aromatic nitrogens is 2. The van der Waals surface area contributed by atoms with Crippen LogP contribution in [0.4, 0.5) is 0 Å². The van der Waals surface area contributed by atoms with Crippen molar-refractivity contribution in [2.75, 3.05) is 26.4 Å². The van der Waals surface area contributed by atoms with Gasteiger partial charge in [-0.15, -0.1) is 0 Å². The van der Waals surface area contributed by atoms with Crippen molar-refractivity contribution < 1.29 is 9.69 Å². The number of hydrogen-bond donors (Lipinski definition) is 2. The van der Waals surface area contributed by atoms with Crippen LogP contribution in [0.5, 0.6) is 0 Å². The predicted molar refractivity (Wildman–Crippen MR) is 105 cm³/mol. The van der Waals surface area contributed by atoms with Crippen LogP contribution in [0, 0.1) is 0 Å². The second kappa shape index (κ2) is 8.78. The summed E-state index contributed by atoms with van der Waals surface area (Å²) in [7, 11) is 4.21. The lowest BCUT2D eigenvalue weighted by Crippen LogP contribution is -3.07. The first-order chi connectivity index (χ1) is 12.6. The molecule has 1 aromatic heterocycles. The van der Waals surface area contributed by atoms with Gasteiger partial charge >= 0.3 is 0 Å². The summed E-state index contributed by atoms with van der Waals surface area (Å²) in [6.07, 6.45) is 1.55. The van der Waals surface area contributed by atoms with Crippen LogP contribution in [0.3, 0.4) is 0 Å². The van der Waals surface area contributed by atoms with E-state index >= 15 is 0 Å². The fourth-order valence-electron chi connectivity index (χ4n) is 2.84. The van der Waals surface area contributed by atoms with Gasteiger partial charge in [-0.25, -0.2) is 9.97 Å². The minimum Gasteiger partial charge on any atom is -0.349 e. The van der Waals surface area contributed by atoms with Crippen molar-refractivity contribution in [2.24, 2.45) is 0 Å². The van der Waals surface area contributed by atoms with Gasteiger partial charge < -0.3 is 10.2 Å². The minimum atomic E-state index is 0.0138. The molecule has 5 nitrogen and oxygen atoms in total. The van der Waals surface area contributed by atoms with E-state index in [1.165, 1.54) is 22.2 Å². The number of carbonyl (C=O) groups is 1. The number of nitrogens with one attached hydrogen (secondary N) is 2. The number of amides is 1. The third kappa shape index (κ3) is 4.59. The zero-order valence-electron chi connectivity index (χ0n) is 15.0. The number of fused-ring (bicyclic) bond motifs is 1. The third-order valence-corrected chi connectivity index (χ3v) is 5.25. The van der Waals surface area contributed by atoms with E-state index in [9.17, 15) is 4.79 Å². The summed E-state index contributed by atoms with van der Waals surface area (Å²) in [5, 5.41) is 4.87. The summed E-state index contributed by atoms with van der Waals surface area (Å²) < 4.78 is 0. The Morgan fingerprint density at radius 3 is 2.58 bits per heavy atom. The van der Waals surface area contributed by atoms with E-state index in [4.69, 9.17) is 0 Å². The fourth-order valence-corrected chi connectivity index (χ4v) is 3.66. The minimum absolute atomic E-state index is 0.0138. The van der Waals surface area contributed by atoms with Crippen LogP contribution in [0.15, 0.2) is 66.0 Å². The standard InChI is InChI=1S/C20H22N4OS/c1-24(2)18(15-8-4-3-5-9-15)12-21-19(25)13-26-20-16-10-6-7-11-17(16)22-14-23-20/h3-11,14,18H,12-13H2,1-2H3,(H,21,25)/p+1/t18-/m0/s1. The van der Waals surface area contributed by atoms with Crippen molar-refractivity contribution in [1.82, 2.24) is 15.3 Å². The molecule has 3 rings (SSSR count). The van der Waals surface area contributed by atoms with E-state index in [-0.39, 0.29) is 11.9 Å². The molecule has 2 N–H and O–H groups in total. The van der Waals surface area contributed by atoms with E-state index in [0.29, 0.717) is 12.3 Å². The number of para-hydroxylation sites is 1. The van der Waals surface area contributed by atoms with Gasteiger partial charge in [0.15, 0.2) is 0 Å². The van der Waals surface area contributed by atoms with Gasteiger partial charge in [-0.1, -0.05) is 60.3 Å². The highest BCUT2D eigenvalue weighted by atomic mass is 32.2. The first-order valence-corrected chi connectivity index (χ1v) is 9.58. The smallest absolute Gasteiger partial charge is 0.230 e. The summed E-state index contributed by atoms with van der Waals surface area (Å²) >= 11 is 1.44. The summed E-state index contributed by atoms with van der Waals surface area (Å²) in [5.41, 5.74) is 2.12. The van der Waals surface area contributed by atoms with Crippen molar-refractivity contribution in [2.45, 2.75) is 11.1 Å². The first-order valence-electron chi connectivity index (χ1n) is 8.59. The first kappa shape index (κ1) is 18.4. The highest BCUT2D eigenvalue weighted by molar-refractivity contribution is 8.00. The van der Waals surface area contributed by atoms with Crippen molar-refractivity contribution in [3.05, 3.63) is 66.5 Å². The van der Waals surface area contributed by atoms with Gasteiger partial charge in [0, 0.05) is 10.9 Å². The molecule has 0 aliphatic heterocycles. The van der Waals surface area contributed by atoms with Gasteiger partial charge in [-0.3, -0.25) is 4.79 Å². The quantitative estimate of drug-likeness (QED) is 0.493. The molecule has 0 saturated carbocycles. The van der Waals surface area contributed by atoms with Crippen molar-refractivity contribution in [3.8, 4) is 0 Å². The van der Waals surface area contributed by atoms with Crippen molar-refractivity contribution >= 4 is 28.6 Å². The molecule has 0 radical (unpaired) electrons. The molecule has 26 heavy (non-hydrogen) atoms. The van der Waals surface area contributed by atoms with Crippen LogP contribution in [-0.4, -0.2) is 42.3 Å². The molecule has 0 unspecified atom stereocenters. The van der Waals surface area contributed by atoms with Crippen LogP contribution in [0.1, 0.15) is 11.6 Å². The summed E-state index contributed by atoms with van der Waals surface area (Å²) in [6, 6.07) is 18.3. The third-order valence-electron chi connectivity index (χ3n) is 4.25. The lowest BCUT2D eigenvalue weighted by Gasteiger charge is -2.22. The maximum absolute atomic E-state index is 12.3. The Morgan fingerprint density at radius 1 is 1.08 bits per heavy atom. The number of rotatable bonds is 7. The molecule has 1 amide bonds. The zero-order chi connectivity index (χ0) is 18.4. The number of carbonyl (C=O) groups excluding carboxylic acids is 1. The van der Waals surface area contributed by atoms with E-state index < -0.39 is 0 Å². The summed E-state index contributed by atoms with van der Waals surface area (Å²) in [5.74, 6) is 0.352. The van der Waals surface area contributed by atoms with E-state index in [1.807, 2.05) is 42.5 Å². The Balaban J connectivity index is 1.58. The average Bonchev–Trinajstić information content (AvgIpc) is 2.67. The number of nitrogens with zero attached hydrogens (tertiary/aromatic N) is 2. The number of quaternary nitrogens is 1. The lowest BCUT2D eigenvalue weighted by molar-refractivity contribution is -0.890. The predicted octanol–water partition coefficient (Wildman–Crippen LogP) is 1.72. The normalized spacial score (nSPS) is 12.3. The van der Waals surface area contributed by atoms with Crippen LogP contribution in [-0.2, 0) is 4.79 Å². The van der Waals surface area contributed by atoms with Crippen LogP contribution >= 0.6 is 11.8 Å². The maximum atomic E-state index is 12.3. The number of hydrogen-bond acceptors (Lipinski definition) is 4. The molecule has 1 heterocycles. The molecule has 0 aliphatic carbocycles. The Bertz CT molecular complexity index is 865. The molecular weight excluding hydrogens is 344 g/mol. The van der Waals surface area contributed by atoms with Gasteiger partial charge in [-0.05, 0) is 6.07 Å². The average molecular weight is 367 g/mol. The molecule has 0 bridgehead atoms. The van der Waals surface area contributed by atoms with E-state index in [0.717, 1.165) is 15.9 Å². The van der Waals surface area contributed by atoms with E-state index in [2.05, 4.69) is 41.5 Å². The van der Waals surface area contributed by atoms with E-state index in [1.54, 1.807) is 6.33 Å². The monoisotopic (exact) mass is 367 g/mol. The second-order valence-corrected chi connectivity index (χ2v) is 7.29. The van der Waals surface area contributed by atoms with Gasteiger partial charge in [0.1, 0.15) is 17.4 Å². The molecule has 0 spiro atoms. The van der Waals surface area contributed by atoms with Crippen molar-refractivity contribution in [1.29, 1.82) is 0 Å². The number of likely N-dealkylation sites (N-methyl/N-ethyl adjacent to an activating group) is 1. The molecule has 0 aliphatic rings. The Labute approximate surface area is 157 Å². The molecule has 2 aromatic carbocycles. The lowest BCUT2D eigenvalue weighted by atomic mass is 10.1.